The summed E-state index contributed by atoms with van der Waals surface area (Å²) < 4.78 is 9.58. The average Bonchev–Trinajstić information content (AvgIpc) is 3.90. The van der Waals surface area contributed by atoms with Gasteiger partial charge in [-0.1, -0.05) is 24.3 Å². The molecule has 0 aliphatic heterocycles. The Morgan fingerprint density at radius 1 is 0.417 bits per heavy atom. The Morgan fingerprint density at radius 2 is 0.729 bits per heavy atom. The van der Waals surface area contributed by atoms with Gasteiger partial charge in [0.1, 0.15) is 0 Å². The van der Waals surface area contributed by atoms with E-state index in [9.17, 15) is 0 Å². The standard InChI is InChI=1S/C30H30N4.2C5H5.2Fe.2HI/c1-2-12-25(11-1)21-33-23-31(27-15-5-7-17-29(27)33)19-9-10-20-32-24-34(22-26-13-3-4-14-26)30-18-8-6-16-28(30)32;2*1-2-4-5-3-1;;;;/h1-8,11-18,23-24H,9-10,19-22H2;2*1-5H;;;2*1H/q+2;;;2*+2;;/p-2. The van der Waals surface area contributed by atoms with Crippen molar-refractivity contribution in [3.8, 4) is 0 Å². The molecule has 0 spiro atoms. The Balaban J connectivity index is 0.000000493. The third kappa shape index (κ3) is 12.8. The number of benzene rings is 2. The van der Waals surface area contributed by atoms with Crippen LogP contribution in [-0.2, 0) is 60.3 Å². The van der Waals surface area contributed by atoms with Crippen LogP contribution in [0.1, 0.15) is 12.8 Å². The predicted octanol–water partition coefficient (Wildman–Crippen LogP) is 0.508. The minimum Gasteiger partial charge on any atom is -1.00 e. The topological polar surface area (TPSA) is 17.6 Å². The summed E-state index contributed by atoms with van der Waals surface area (Å²) >= 11 is 0. The Kier molecular flexibility index (Phi) is 22.2. The van der Waals surface area contributed by atoms with E-state index in [1.807, 2.05) is 64.2 Å². The van der Waals surface area contributed by atoms with Gasteiger partial charge in [0.15, 0.2) is 22.1 Å². The van der Waals surface area contributed by atoms with Crippen molar-refractivity contribution in [2.45, 2.75) is 39.0 Å². The maximum atomic E-state index is 2.42. The van der Waals surface area contributed by atoms with Gasteiger partial charge in [-0.25, -0.2) is 18.3 Å². The number of hydrogen-bond acceptors (Lipinski definition) is 0. The van der Waals surface area contributed by atoms with Gasteiger partial charge in [0, 0.05) is 11.8 Å². The zero-order chi connectivity index (χ0) is 29.8. The van der Waals surface area contributed by atoms with Crippen molar-refractivity contribution in [3.63, 3.8) is 0 Å². The fraction of sp³-hybridized carbons (Fsp3) is 0.150. The van der Waals surface area contributed by atoms with Gasteiger partial charge >= 0.3 is 34.1 Å². The minimum absolute atomic E-state index is 0. The van der Waals surface area contributed by atoms with Crippen molar-refractivity contribution < 1.29 is 91.2 Å². The zero-order valence-electron chi connectivity index (χ0n) is 26.7. The molecule has 0 atom stereocenters. The third-order valence-electron chi connectivity index (χ3n) is 7.89. The predicted molar refractivity (Wildman–Crippen MR) is 177 cm³/mol. The van der Waals surface area contributed by atoms with Crippen LogP contribution in [-0.4, -0.2) is 9.13 Å². The molecule has 2 heterocycles. The summed E-state index contributed by atoms with van der Waals surface area (Å²) in [6, 6.07) is 17.5. The Labute approximate surface area is 347 Å². The molecule has 4 aliphatic carbocycles. The van der Waals surface area contributed by atoms with E-state index in [1.54, 1.807) is 0 Å². The van der Waals surface area contributed by atoms with Crippen molar-refractivity contribution in [1.82, 2.24) is 9.13 Å². The summed E-state index contributed by atoms with van der Waals surface area (Å²) in [5.41, 5.74) is 5.23. The second-order valence-electron chi connectivity index (χ2n) is 11.1. The monoisotopic (exact) mass is 942 g/mol. The van der Waals surface area contributed by atoms with Gasteiger partial charge in [-0.15, -0.1) is 0 Å². The largest absolute Gasteiger partial charge is 2.00 e. The molecule has 4 aromatic rings. The Bertz CT molecular complexity index is 1290. The molecule has 2 aromatic heterocycles. The molecule has 0 saturated heterocycles. The fourth-order valence-electron chi connectivity index (χ4n) is 5.73. The number of hydrogen-bond donors (Lipinski definition) is 0. The first kappa shape index (κ1) is 44.0. The summed E-state index contributed by atoms with van der Waals surface area (Å²) in [6.45, 7) is 3.89. The van der Waals surface area contributed by atoms with Crippen LogP contribution in [0.5, 0.6) is 0 Å². The summed E-state index contributed by atoms with van der Waals surface area (Å²) in [7, 11) is 0. The van der Waals surface area contributed by atoms with Gasteiger partial charge in [0.25, 0.3) is 0 Å². The van der Waals surface area contributed by atoms with E-state index in [-0.39, 0.29) is 82.1 Å². The number of nitrogens with zero attached hydrogens (tertiary/aromatic N) is 4. The van der Waals surface area contributed by atoms with Crippen LogP contribution in [0.4, 0.5) is 0 Å². The normalized spacial score (nSPS) is 17.4. The minimum atomic E-state index is 0. The summed E-state index contributed by atoms with van der Waals surface area (Å²) in [5, 5.41) is 0. The quantitative estimate of drug-likeness (QED) is 0.101. The first-order chi connectivity index (χ1) is 21.8. The zero-order valence-corrected chi connectivity index (χ0v) is 33.2. The number of rotatable bonds is 9. The maximum absolute atomic E-state index is 2.42. The van der Waals surface area contributed by atoms with Crippen molar-refractivity contribution in [3.05, 3.63) is 189 Å². The summed E-state index contributed by atoms with van der Waals surface area (Å²) in [5.74, 6) is 2.70. The molecule has 4 saturated carbocycles. The van der Waals surface area contributed by atoms with E-state index < -0.39 is 0 Å². The number of imidazole rings is 2. The molecular weight excluding hydrogens is 902 g/mol. The van der Waals surface area contributed by atoms with Gasteiger partial charge in [-0.2, -0.15) is 0 Å². The molecule has 0 N–H and O–H groups in total. The molecule has 4 fully saturated rings. The van der Waals surface area contributed by atoms with E-state index in [0.29, 0.717) is 0 Å². The van der Waals surface area contributed by atoms with Crippen LogP contribution >= 0.6 is 0 Å². The number of fused-ring (bicyclic) bond motifs is 2. The second kappa shape index (κ2) is 24.2. The van der Waals surface area contributed by atoms with E-state index >= 15 is 0 Å². The number of aryl methyl sites for hydroxylation is 2. The van der Waals surface area contributed by atoms with Crippen molar-refractivity contribution in [1.29, 1.82) is 0 Å². The molecule has 4 aliphatic rings. The number of unbranched alkanes of at least 4 members (excludes halogenated alkanes) is 1. The van der Waals surface area contributed by atoms with Crippen LogP contribution in [0.3, 0.4) is 0 Å². The van der Waals surface area contributed by atoms with Crippen LogP contribution in [0.2, 0.25) is 0 Å². The molecular formula is C40H40Fe2I2N4+4. The number of para-hydroxylation sites is 4. The Morgan fingerprint density at radius 3 is 1.06 bits per heavy atom. The van der Waals surface area contributed by atoms with Gasteiger partial charge in [0.05, 0.1) is 26.2 Å². The molecule has 48 heavy (non-hydrogen) atoms. The first-order valence-corrected chi connectivity index (χ1v) is 15.5. The molecule has 4 nitrogen and oxygen atoms in total. The van der Waals surface area contributed by atoms with Crippen LogP contribution in [0.15, 0.2) is 61.2 Å². The molecule has 0 unspecified atom stereocenters. The fourth-order valence-corrected chi connectivity index (χ4v) is 5.73. The molecule has 8 rings (SSSR count). The smallest absolute Gasteiger partial charge is 1.00 e. The first-order valence-electron chi connectivity index (χ1n) is 15.5. The molecule has 20 radical (unpaired) electrons. The van der Waals surface area contributed by atoms with E-state index in [4.69, 9.17) is 0 Å². The molecule has 0 amide bonds. The van der Waals surface area contributed by atoms with E-state index in [1.165, 1.54) is 33.9 Å². The summed E-state index contributed by atoms with van der Waals surface area (Å²) in [4.78, 5) is 0. The van der Waals surface area contributed by atoms with Crippen LogP contribution in [0, 0.1) is 127 Å². The number of halogens is 2. The number of aromatic nitrogens is 4. The van der Waals surface area contributed by atoms with Gasteiger partial charge in [0.2, 0.25) is 12.7 Å². The van der Waals surface area contributed by atoms with Crippen molar-refractivity contribution >= 4 is 22.1 Å². The maximum Gasteiger partial charge on any atom is 2.00 e. The molecule has 2 aromatic carbocycles. The Hall–Kier alpha value is -0.121. The average molecular weight is 942 g/mol. The molecule has 246 valence electrons. The second-order valence-corrected chi connectivity index (χ2v) is 11.1. The summed E-state index contributed by atoms with van der Waals surface area (Å²) in [6.07, 6.45) is 44.1. The van der Waals surface area contributed by atoms with Gasteiger partial charge < -0.3 is 48.0 Å². The van der Waals surface area contributed by atoms with Gasteiger partial charge in [-0.05, 0) is 153 Å². The third-order valence-corrected chi connectivity index (χ3v) is 7.89. The SMILES string of the molecule is [CH]1[CH][CH][CH][CH]1.[CH]1[CH][CH][CH][CH]1.[CH]1[CH][CH][C](C[n+]2cn(CCCCn3c[n+](C[C]4[CH][CH][CH][CH]4)c4ccccc43)c3ccccc32)[CH]1.[Fe+2].[Fe+2].[I-].[I-]. The van der Waals surface area contributed by atoms with E-state index in [0.717, 1.165) is 39.0 Å². The van der Waals surface area contributed by atoms with Crippen molar-refractivity contribution in [2.75, 3.05) is 0 Å². The molecule has 0 bridgehead atoms. The van der Waals surface area contributed by atoms with Crippen LogP contribution < -0.4 is 57.1 Å². The van der Waals surface area contributed by atoms with Gasteiger partial charge in [-0.3, -0.25) is 0 Å². The van der Waals surface area contributed by atoms with Crippen LogP contribution in [0.25, 0.3) is 22.1 Å². The molecule has 8 heteroatoms. The van der Waals surface area contributed by atoms with E-state index in [2.05, 4.69) is 131 Å². The van der Waals surface area contributed by atoms with Crippen molar-refractivity contribution in [2.24, 2.45) is 0 Å².